The molecule has 6 nitrogen and oxygen atoms in total. The molecule has 0 radical (unpaired) electrons. The number of thiophene rings is 1. The van der Waals surface area contributed by atoms with Crippen molar-refractivity contribution >= 4 is 46.3 Å². The molecule has 1 aromatic heterocycles. The van der Waals surface area contributed by atoms with Crippen molar-refractivity contribution in [1.82, 2.24) is 10.2 Å². The summed E-state index contributed by atoms with van der Waals surface area (Å²) in [5, 5.41) is 7.05. The van der Waals surface area contributed by atoms with E-state index in [2.05, 4.69) is 10.5 Å². The van der Waals surface area contributed by atoms with Gasteiger partial charge in [0.1, 0.15) is 5.84 Å². The molecule has 1 amide bonds. The van der Waals surface area contributed by atoms with Gasteiger partial charge in [-0.2, -0.15) is 13.2 Å². The highest BCUT2D eigenvalue weighted by Crippen LogP contribution is 2.50. The lowest BCUT2D eigenvalue weighted by Crippen LogP contribution is -2.43. The van der Waals surface area contributed by atoms with Gasteiger partial charge in [-0.1, -0.05) is 28.4 Å². The van der Waals surface area contributed by atoms with Crippen LogP contribution in [-0.2, 0) is 28.3 Å². The maximum Gasteiger partial charge on any atom is 0.435 e. The highest BCUT2D eigenvalue weighted by molar-refractivity contribution is 7.14. The predicted octanol–water partition coefficient (Wildman–Crippen LogP) is 6.03. The number of ether oxygens (including phenoxy) is 1. The minimum atomic E-state index is -4.75. The van der Waals surface area contributed by atoms with Crippen molar-refractivity contribution in [3.05, 3.63) is 54.7 Å². The molecule has 1 unspecified atom stereocenters. The van der Waals surface area contributed by atoms with E-state index in [9.17, 15) is 18.0 Å². The fourth-order valence-corrected chi connectivity index (χ4v) is 6.65. The van der Waals surface area contributed by atoms with Crippen LogP contribution in [0.1, 0.15) is 50.5 Å². The fraction of sp³-hybridized carbons (Fsp3) is 0.500. The quantitative estimate of drug-likeness (QED) is 0.495. The van der Waals surface area contributed by atoms with E-state index >= 15 is 0 Å². The number of amides is 1. The number of hydrogen-bond donors (Lipinski definition) is 1. The van der Waals surface area contributed by atoms with Gasteiger partial charge in [0, 0.05) is 46.8 Å². The molecule has 12 heteroatoms. The van der Waals surface area contributed by atoms with Crippen molar-refractivity contribution in [3.8, 4) is 0 Å². The van der Waals surface area contributed by atoms with Crippen LogP contribution >= 0.6 is 34.5 Å². The first-order valence-electron chi connectivity index (χ1n) is 11.6. The third-order valence-corrected chi connectivity index (χ3v) is 8.76. The van der Waals surface area contributed by atoms with Crippen molar-refractivity contribution < 1.29 is 27.5 Å². The van der Waals surface area contributed by atoms with Gasteiger partial charge < -0.3 is 19.8 Å². The van der Waals surface area contributed by atoms with E-state index in [0.717, 1.165) is 42.1 Å². The maximum atomic E-state index is 14.3. The van der Waals surface area contributed by atoms with E-state index in [0.29, 0.717) is 30.4 Å². The smallest absolute Gasteiger partial charge is 0.381 e. The molecule has 0 spiro atoms. The largest absolute Gasteiger partial charge is 0.435 e. The molecule has 0 saturated carbocycles. The normalized spacial score (nSPS) is 22.4. The summed E-state index contributed by atoms with van der Waals surface area (Å²) < 4.78 is 48.2. The Balaban J connectivity index is 1.29. The summed E-state index contributed by atoms with van der Waals surface area (Å²) in [5.41, 5.74) is -1.06. The van der Waals surface area contributed by atoms with Crippen LogP contribution < -0.4 is 5.32 Å². The van der Waals surface area contributed by atoms with Gasteiger partial charge in [-0.15, -0.1) is 11.3 Å². The average molecular weight is 562 g/mol. The Morgan fingerprint density at radius 1 is 1.22 bits per heavy atom. The summed E-state index contributed by atoms with van der Waals surface area (Å²) in [6, 6.07) is 3.77. The average Bonchev–Trinajstić information content (AvgIpc) is 3.52. The first-order valence-corrected chi connectivity index (χ1v) is 13.1. The van der Waals surface area contributed by atoms with E-state index in [4.69, 9.17) is 32.8 Å². The number of nitrogens with zero attached hydrogens (tertiary/aromatic N) is 2. The summed E-state index contributed by atoms with van der Waals surface area (Å²) in [5.74, 6) is 0.492. The zero-order chi connectivity index (χ0) is 25.7. The second-order valence-electron chi connectivity index (χ2n) is 9.34. The molecule has 36 heavy (non-hydrogen) atoms. The molecule has 4 heterocycles. The molecule has 2 aromatic rings. The zero-order valence-corrected chi connectivity index (χ0v) is 21.7. The van der Waals surface area contributed by atoms with Gasteiger partial charge in [-0.3, -0.25) is 4.79 Å². The van der Waals surface area contributed by atoms with Crippen molar-refractivity contribution in [3.63, 3.8) is 0 Å². The Morgan fingerprint density at radius 2 is 1.92 bits per heavy atom. The number of alkyl halides is 3. The molecule has 3 aliphatic rings. The van der Waals surface area contributed by atoms with Crippen LogP contribution in [0.4, 0.5) is 13.2 Å². The number of benzene rings is 1. The van der Waals surface area contributed by atoms with Crippen LogP contribution in [-0.4, -0.2) is 42.6 Å². The summed E-state index contributed by atoms with van der Waals surface area (Å²) in [6.45, 7) is 4.64. The fourth-order valence-electron chi connectivity index (χ4n) is 4.87. The first kappa shape index (κ1) is 25.6. The van der Waals surface area contributed by atoms with Crippen molar-refractivity contribution in [1.29, 1.82) is 0 Å². The van der Waals surface area contributed by atoms with Crippen LogP contribution in [0.2, 0.25) is 10.0 Å². The van der Waals surface area contributed by atoms with Crippen molar-refractivity contribution in [2.45, 2.75) is 51.1 Å². The number of fused-ring (bicyclic) bond motifs is 1. The third-order valence-electron chi connectivity index (χ3n) is 7.00. The third kappa shape index (κ3) is 4.68. The summed E-state index contributed by atoms with van der Waals surface area (Å²) in [6.07, 6.45) is -3.39. The highest BCUT2D eigenvalue weighted by atomic mass is 35.5. The van der Waals surface area contributed by atoms with E-state index in [1.807, 2.05) is 6.92 Å². The standard InChI is InChI=1S/C24H24Cl2F3N3O3S/c1-13-18-11-32(12-19(18)36-21(13)22(33)30-10-14-2-4-34-5-3-14)20-9-23(35-31-20,24(27,28)29)15-6-16(25)8-17(26)7-15/h6-8,14H,2-5,9-12H2,1H3,(H,30,33). The van der Waals surface area contributed by atoms with Crippen LogP contribution in [0.5, 0.6) is 0 Å². The number of carbonyl (C=O) groups excluding carboxylic acids is 1. The van der Waals surface area contributed by atoms with Crippen molar-refractivity contribution in [2.24, 2.45) is 11.1 Å². The van der Waals surface area contributed by atoms with Gasteiger partial charge in [0.25, 0.3) is 11.5 Å². The maximum absolute atomic E-state index is 14.3. The van der Waals surface area contributed by atoms with Gasteiger partial charge in [-0.25, -0.2) is 0 Å². The van der Waals surface area contributed by atoms with Crippen LogP contribution in [0.15, 0.2) is 23.4 Å². The topological polar surface area (TPSA) is 63.2 Å². The predicted molar refractivity (Wildman–Crippen MR) is 132 cm³/mol. The van der Waals surface area contributed by atoms with Gasteiger partial charge in [0.15, 0.2) is 0 Å². The summed E-state index contributed by atoms with van der Waals surface area (Å²) in [4.78, 5) is 21.3. The molecule has 1 fully saturated rings. The Morgan fingerprint density at radius 3 is 2.56 bits per heavy atom. The summed E-state index contributed by atoms with van der Waals surface area (Å²) in [7, 11) is 0. The second-order valence-corrected chi connectivity index (χ2v) is 11.3. The molecule has 3 aliphatic heterocycles. The number of hydrogen-bond acceptors (Lipinski definition) is 6. The van der Waals surface area contributed by atoms with E-state index in [1.54, 1.807) is 4.90 Å². The summed E-state index contributed by atoms with van der Waals surface area (Å²) >= 11 is 13.3. The van der Waals surface area contributed by atoms with E-state index in [-0.39, 0.29) is 27.4 Å². The lowest BCUT2D eigenvalue weighted by Gasteiger charge is -2.30. The molecule has 1 atom stereocenters. The van der Waals surface area contributed by atoms with Gasteiger partial charge >= 0.3 is 6.18 Å². The molecule has 1 aromatic carbocycles. The first-order chi connectivity index (χ1) is 17.1. The van der Waals surface area contributed by atoms with Crippen LogP contribution in [0, 0.1) is 12.8 Å². The number of halogens is 5. The molecular formula is C24H24Cl2F3N3O3S. The molecule has 0 bridgehead atoms. The lowest BCUT2D eigenvalue weighted by molar-refractivity contribution is -0.275. The monoisotopic (exact) mass is 561 g/mol. The number of rotatable bonds is 4. The molecule has 5 rings (SSSR count). The van der Waals surface area contributed by atoms with Crippen LogP contribution in [0.3, 0.4) is 0 Å². The minimum Gasteiger partial charge on any atom is -0.381 e. The number of nitrogens with one attached hydrogen (secondary N) is 1. The van der Waals surface area contributed by atoms with Gasteiger partial charge in [0.05, 0.1) is 17.8 Å². The van der Waals surface area contributed by atoms with E-state index in [1.165, 1.54) is 29.5 Å². The zero-order valence-electron chi connectivity index (χ0n) is 19.4. The molecular weight excluding hydrogens is 538 g/mol. The minimum absolute atomic E-state index is 0.0831. The van der Waals surface area contributed by atoms with Crippen molar-refractivity contribution in [2.75, 3.05) is 19.8 Å². The number of carbonyl (C=O) groups is 1. The Hall–Kier alpha value is -2.01. The number of amidine groups is 1. The SMILES string of the molecule is Cc1c(C(=O)NCC2CCOCC2)sc2c1CN(C1=NOC(c3cc(Cl)cc(Cl)c3)(C(F)(F)F)C1)C2. The molecule has 1 saturated heterocycles. The Kier molecular flexibility index (Phi) is 6.91. The second kappa shape index (κ2) is 9.70. The number of oxime groups is 1. The Bertz CT molecular complexity index is 1190. The molecule has 194 valence electrons. The van der Waals surface area contributed by atoms with Gasteiger partial charge in [0.2, 0.25) is 0 Å². The van der Waals surface area contributed by atoms with E-state index < -0.39 is 18.2 Å². The van der Waals surface area contributed by atoms with Gasteiger partial charge in [-0.05, 0) is 55.0 Å². The Labute approximate surface area is 220 Å². The molecule has 1 N–H and O–H groups in total. The highest BCUT2D eigenvalue weighted by Gasteiger charge is 2.63. The van der Waals surface area contributed by atoms with Crippen LogP contribution in [0.25, 0.3) is 0 Å². The lowest BCUT2D eigenvalue weighted by atomic mass is 9.89. The molecule has 0 aliphatic carbocycles.